The van der Waals surface area contributed by atoms with Crippen LogP contribution in [0, 0.1) is 0 Å². The number of halogens is 1. The molecule has 1 amide bonds. The van der Waals surface area contributed by atoms with Crippen LogP contribution < -0.4 is 4.74 Å². The molecule has 7 heteroatoms. The van der Waals surface area contributed by atoms with Gasteiger partial charge in [0.15, 0.2) is 11.4 Å². The molecule has 0 aliphatic carbocycles. The summed E-state index contributed by atoms with van der Waals surface area (Å²) >= 11 is 5.85. The van der Waals surface area contributed by atoms with E-state index in [0.717, 1.165) is 0 Å². The van der Waals surface area contributed by atoms with Crippen molar-refractivity contribution in [1.29, 1.82) is 0 Å². The lowest BCUT2D eigenvalue weighted by molar-refractivity contribution is -0.146. The predicted molar refractivity (Wildman–Crippen MR) is 107 cm³/mol. The monoisotopic (exact) mass is 405 g/mol. The molecule has 28 heavy (non-hydrogen) atoms. The lowest BCUT2D eigenvalue weighted by atomic mass is 10.0. The van der Waals surface area contributed by atoms with Crippen LogP contribution in [0.5, 0.6) is 5.75 Å². The zero-order chi connectivity index (χ0) is 20.7. The first-order chi connectivity index (χ1) is 13.3. The first-order valence-corrected chi connectivity index (χ1v) is 9.26. The minimum atomic E-state index is -1.20. The van der Waals surface area contributed by atoms with Crippen LogP contribution in [0.3, 0.4) is 0 Å². The highest BCUT2D eigenvalue weighted by atomic mass is 35.5. The number of ether oxygens (including phenoxy) is 1. The van der Waals surface area contributed by atoms with Crippen molar-refractivity contribution in [3.63, 3.8) is 0 Å². The Hall–Kier alpha value is -2.41. The molecular weight excluding hydrogens is 382 g/mol. The summed E-state index contributed by atoms with van der Waals surface area (Å²) in [6.07, 6.45) is 0. The summed E-state index contributed by atoms with van der Waals surface area (Å²) in [5.41, 5.74) is -0.190. The first kappa shape index (κ1) is 21.9. The molecule has 0 atom stereocenters. The predicted octanol–water partition coefficient (Wildman–Crippen LogP) is 2.54. The maximum absolute atomic E-state index is 12.7. The van der Waals surface area contributed by atoms with Crippen LogP contribution in [-0.2, 0) is 4.79 Å². The summed E-state index contributed by atoms with van der Waals surface area (Å²) in [5.74, 6) is -0.0634. The summed E-state index contributed by atoms with van der Waals surface area (Å²) in [4.78, 5) is 26.5. The van der Waals surface area contributed by atoms with Gasteiger partial charge < -0.3 is 19.8 Å². The van der Waals surface area contributed by atoms with E-state index >= 15 is 0 Å². The van der Waals surface area contributed by atoms with Crippen LogP contribution in [0.2, 0.25) is 5.02 Å². The standard InChI is InChI=1S/C21H24ClNO5/c1-21(2,20(27)23(11-13-24)12-14-25)28-18-9-5-16(6-10-18)19(26)15-3-7-17(22)8-4-15/h3-10,24-25H,11-14H2,1-2H3. The van der Waals surface area contributed by atoms with Crippen molar-refractivity contribution in [3.05, 3.63) is 64.7 Å². The fraction of sp³-hybridized carbons (Fsp3) is 0.333. The molecule has 0 aliphatic heterocycles. The van der Waals surface area contributed by atoms with E-state index in [-0.39, 0.29) is 38.0 Å². The van der Waals surface area contributed by atoms with Gasteiger partial charge in [0.2, 0.25) is 0 Å². The Morgan fingerprint density at radius 1 is 0.929 bits per heavy atom. The third-order valence-corrected chi connectivity index (χ3v) is 4.39. The van der Waals surface area contributed by atoms with Gasteiger partial charge in [0, 0.05) is 29.2 Å². The second kappa shape index (κ2) is 9.68. The Kier molecular flexibility index (Phi) is 7.57. The molecule has 0 saturated heterocycles. The average molecular weight is 406 g/mol. The topological polar surface area (TPSA) is 87.1 Å². The number of hydrogen-bond acceptors (Lipinski definition) is 5. The number of nitrogens with zero attached hydrogens (tertiary/aromatic N) is 1. The molecule has 150 valence electrons. The second-order valence-electron chi connectivity index (χ2n) is 6.71. The molecule has 2 rings (SSSR count). The van der Waals surface area contributed by atoms with Crippen molar-refractivity contribution < 1.29 is 24.5 Å². The first-order valence-electron chi connectivity index (χ1n) is 8.89. The van der Waals surface area contributed by atoms with E-state index in [0.29, 0.717) is 21.9 Å². The number of aliphatic hydroxyl groups is 2. The van der Waals surface area contributed by atoms with Crippen molar-refractivity contribution in [2.45, 2.75) is 19.4 Å². The Morgan fingerprint density at radius 2 is 1.39 bits per heavy atom. The van der Waals surface area contributed by atoms with Crippen molar-refractivity contribution >= 4 is 23.3 Å². The van der Waals surface area contributed by atoms with Gasteiger partial charge in [0.25, 0.3) is 5.91 Å². The van der Waals surface area contributed by atoms with Crippen molar-refractivity contribution in [2.24, 2.45) is 0 Å². The largest absolute Gasteiger partial charge is 0.478 e. The molecule has 0 unspecified atom stereocenters. The highest BCUT2D eigenvalue weighted by molar-refractivity contribution is 6.30. The zero-order valence-electron chi connectivity index (χ0n) is 15.9. The average Bonchev–Trinajstić information content (AvgIpc) is 2.67. The van der Waals surface area contributed by atoms with E-state index in [1.807, 2.05) is 0 Å². The Labute approximate surface area is 169 Å². The van der Waals surface area contributed by atoms with Crippen LogP contribution in [0.25, 0.3) is 0 Å². The van der Waals surface area contributed by atoms with Crippen molar-refractivity contribution in [3.8, 4) is 5.75 Å². The van der Waals surface area contributed by atoms with Gasteiger partial charge >= 0.3 is 0 Å². The minimum absolute atomic E-state index is 0.112. The fourth-order valence-electron chi connectivity index (χ4n) is 2.72. The summed E-state index contributed by atoms with van der Waals surface area (Å²) in [5, 5.41) is 18.8. The number of aliphatic hydroxyl groups excluding tert-OH is 2. The molecule has 0 radical (unpaired) electrons. The summed E-state index contributed by atoms with van der Waals surface area (Å²) in [6.45, 7) is 3.04. The minimum Gasteiger partial charge on any atom is -0.478 e. The molecule has 6 nitrogen and oxygen atoms in total. The van der Waals surface area contributed by atoms with Gasteiger partial charge in [0.05, 0.1) is 13.2 Å². The Bertz CT molecular complexity index is 797. The zero-order valence-corrected chi connectivity index (χ0v) is 16.6. The number of carbonyl (C=O) groups excluding carboxylic acids is 2. The molecule has 0 aliphatic rings. The number of amides is 1. The van der Waals surface area contributed by atoms with Crippen LogP contribution in [-0.4, -0.2) is 58.7 Å². The second-order valence-corrected chi connectivity index (χ2v) is 7.15. The van der Waals surface area contributed by atoms with E-state index in [1.165, 1.54) is 4.90 Å². The molecular formula is C21H24ClNO5. The number of hydrogen-bond donors (Lipinski definition) is 2. The van der Waals surface area contributed by atoms with Crippen LogP contribution in [0.4, 0.5) is 0 Å². The smallest absolute Gasteiger partial charge is 0.266 e. The molecule has 0 bridgehead atoms. The summed E-state index contributed by atoms with van der Waals surface area (Å²) in [7, 11) is 0. The van der Waals surface area contributed by atoms with Crippen LogP contribution in [0.1, 0.15) is 29.8 Å². The third kappa shape index (κ3) is 5.55. The molecule has 0 heterocycles. The van der Waals surface area contributed by atoms with E-state index in [4.69, 9.17) is 26.6 Å². The van der Waals surface area contributed by atoms with E-state index in [1.54, 1.807) is 62.4 Å². The van der Waals surface area contributed by atoms with Crippen molar-refractivity contribution in [2.75, 3.05) is 26.3 Å². The molecule has 0 aromatic heterocycles. The molecule has 2 aromatic rings. The van der Waals surface area contributed by atoms with Gasteiger partial charge in [0.1, 0.15) is 5.75 Å². The highest BCUT2D eigenvalue weighted by Crippen LogP contribution is 2.22. The lowest BCUT2D eigenvalue weighted by Crippen LogP contribution is -2.50. The number of ketones is 1. The Balaban J connectivity index is 2.11. The highest BCUT2D eigenvalue weighted by Gasteiger charge is 2.34. The molecule has 2 aromatic carbocycles. The van der Waals surface area contributed by atoms with Gasteiger partial charge in [-0.15, -0.1) is 0 Å². The number of rotatable bonds is 9. The molecule has 2 N–H and O–H groups in total. The van der Waals surface area contributed by atoms with Crippen LogP contribution >= 0.6 is 11.6 Å². The fourth-order valence-corrected chi connectivity index (χ4v) is 2.84. The Morgan fingerprint density at radius 3 is 1.86 bits per heavy atom. The SMILES string of the molecule is CC(C)(Oc1ccc(C(=O)c2ccc(Cl)cc2)cc1)C(=O)N(CCO)CCO. The van der Waals surface area contributed by atoms with Crippen molar-refractivity contribution in [1.82, 2.24) is 4.90 Å². The maximum Gasteiger partial charge on any atom is 0.266 e. The quantitative estimate of drug-likeness (QED) is 0.626. The van der Waals surface area contributed by atoms with Gasteiger partial charge in [-0.3, -0.25) is 9.59 Å². The van der Waals surface area contributed by atoms with Gasteiger partial charge in [-0.1, -0.05) is 11.6 Å². The lowest BCUT2D eigenvalue weighted by Gasteiger charge is -2.31. The van der Waals surface area contributed by atoms with E-state index < -0.39 is 5.60 Å². The van der Waals surface area contributed by atoms with E-state index in [2.05, 4.69) is 0 Å². The van der Waals surface area contributed by atoms with Gasteiger partial charge in [-0.25, -0.2) is 0 Å². The maximum atomic E-state index is 12.7. The summed E-state index contributed by atoms with van der Waals surface area (Å²) < 4.78 is 5.81. The number of benzene rings is 2. The van der Waals surface area contributed by atoms with Gasteiger partial charge in [-0.2, -0.15) is 0 Å². The molecule has 0 spiro atoms. The summed E-state index contributed by atoms with van der Waals surface area (Å²) in [6, 6.07) is 13.1. The van der Waals surface area contributed by atoms with Gasteiger partial charge in [-0.05, 0) is 62.4 Å². The third-order valence-electron chi connectivity index (χ3n) is 4.14. The molecule has 0 fully saturated rings. The van der Waals surface area contributed by atoms with E-state index in [9.17, 15) is 9.59 Å². The normalized spacial score (nSPS) is 11.2. The number of carbonyl (C=O) groups is 2. The molecule has 0 saturated carbocycles. The van der Waals surface area contributed by atoms with Crippen LogP contribution in [0.15, 0.2) is 48.5 Å².